The molecule has 0 bridgehead atoms. The van der Waals surface area contributed by atoms with E-state index in [2.05, 4.69) is 59.4 Å². The predicted octanol–water partition coefficient (Wildman–Crippen LogP) is 2.18. The van der Waals surface area contributed by atoms with Gasteiger partial charge in [0.1, 0.15) is 5.82 Å². The van der Waals surface area contributed by atoms with Gasteiger partial charge in [0, 0.05) is 53.9 Å². The van der Waals surface area contributed by atoms with Gasteiger partial charge in [-0.3, -0.25) is 0 Å². The molecular weight excluding hydrogens is 262 g/mol. The van der Waals surface area contributed by atoms with Gasteiger partial charge in [0.25, 0.3) is 0 Å². The first kappa shape index (κ1) is 14.3. The van der Waals surface area contributed by atoms with Crippen LogP contribution in [0.2, 0.25) is 0 Å². The van der Waals surface area contributed by atoms with Crippen molar-refractivity contribution in [1.29, 1.82) is 0 Å². The van der Waals surface area contributed by atoms with Crippen LogP contribution in [0.5, 0.6) is 0 Å². The highest BCUT2D eigenvalue weighted by Gasteiger charge is 2.29. The van der Waals surface area contributed by atoms with Crippen molar-refractivity contribution in [3.8, 4) is 0 Å². The Hall–Kier alpha value is -0.130. The quantitative estimate of drug-likeness (QED) is 0.898. The van der Waals surface area contributed by atoms with Gasteiger partial charge in [0.05, 0.1) is 0 Å². The van der Waals surface area contributed by atoms with Gasteiger partial charge in [0.15, 0.2) is 0 Å². The summed E-state index contributed by atoms with van der Waals surface area (Å²) in [7, 11) is 4.17. The van der Waals surface area contributed by atoms with Crippen LogP contribution in [0.3, 0.4) is 0 Å². The Morgan fingerprint density at radius 3 is 2.89 bits per heavy atom. The van der Waals surface area contributed by atoms with Crippen molar-refractivity contribution in [2.24, 2.45) is 7.05 Å². The lowest BCUT2D eigenvalue weighted by Gasteiger charge is -2.34. The fourth-order valence-corrected chi connectivity index (χ4v) is 5.53. The molecular formula is C13H23N3S2. The van der Waals surface area contributed by atoms with Crippen LogP contribution in [-0.2, 0) is 13.5 Å². The number of aromatic nitrogens is 2. The van der Waals surface area contributed by atoms with Crippen molar-refractivity contribution in [2.75, 3.05) is 18.6 Å². The molecule has 1 aromatic heterocycles. The molecule has 18 heavy (non-hydrogen) atoms. The summed E-state index contributed by atoms with van der Waals surface area (Å²) in [5, 5.41) is 5.00. The molecule has 1 saturated heterocycles. The Kier molecular flexibility index (Phi) is 5.45. The number of thioether (sulfide) groups is 2. The molecule has 1 fully saturated rings. The molecule has 1 N–H and O–H groups in total. The van der Waals surface area contributed by atoms with E-state index in [-0.39, 0.29) is 0 Å². The highest BCUT2D eigenvalue weighted by atomic mass is 32.2. The Morgan fingerprint density at radius 1 is 1.50 bits per heavy atom. The molecule has 5 heteroatoms. The van der Waals surface area contributed by atoms with Crippen LogP contribution in [0.1, 0.15) is 19.2 Å². The molecule has 3 unspecified atom stereocenters. The van der Waals surface area contributed by atoms with Crippen LogP contribution in [0.15, 0.2) is 12.4 Å². The number of nitrogens with one attached hydrogen (secondary N) is 1. The normalized spacial score (nSPS) is 26.2. The topological polar surface area (TPSA) is 29.9 Å². The summed E-state index contributed by atoms with van der Waals surface area (Å²) in [6.45, 7) is 2.37. The second-order valence-electron chi connectivity index (χ2n) is 4.80. The zero-order valence-corrected chi connectivity index (χ0v) is 13.1. The molecule has 0 amide bonds. The van der Waals surface area contributed by atoms with Gasteiger partial charge in [-0.05, 0) is 13.5 Å². The maximum Gasteiger partial charge on any atom is 0.108 e. The van der Waals surface area contributed by atoms with Crippen molar-refractivity contribution in [3.05, 3.63) is 18.2 Å². The van der Waals surface area contributed by atoms with E-state index in [1.165, 1.54) is 23.8 Å². The third-order valence-electron chi connectivity index (χ3n) is 3.60. The highest BCUT2D eigenvalue weighted by molar-refractivity contribution is 8.07. The molecule has 3 atom stereocenters. The van der Waals surface area contributed by atoms with Gasteiger partial charge in [0.2, 0.25) is 0 Å². The molecule has 0 aliphatic carbocycles. The minimum Gasteiger partial charge on any atom is -0.338 e. The fourth-order valence-electron chi connectivity index (χ4n) is 2.49. The third kappa shape index (κ3) is 3.45. The summed E-state index contributed by atoms with van der Waals surface area (Å²) < 4.78 is 2.12. The minimum atomic E-state index is 0.592. The van der Waals surface area contributed by atoms with Crippen LogP contribution in [0.4, 0.5) is 0 Å². The molecule has 1 aliphatic rings. The Bertz CT molecular complexity index is 367. The maximum absolute atomic E-state index is 4.41. The Labute approximate surface area is 119 Å². The van der Waals surface area contributed by atoms with E-state index in [0.29, 0.717) is 6.04 Å². The second kappa shape index (κ2) is 6.87. The first-order valence-electron chi connectivity index (χ1n) is 6.59. The van der Waals surface area contributed by atoms with E-state index in [1.54, 1.807) is 0 Å². The van der Waals surface area contributed by atoms with E-state index in [9.17, 15) is 0 Å². The number of aryl methyl sites for hydroxylation is 2. The number of imidazole rings is 1. The van der Waals surface area contributed by atoms with Gasteiger partial charge in [-0.2, -0.15) is 23.5 Å². The summed E-state index contributed by atoms with van der Waals surface area (Å²) in [4.78, 5) is 4.41. The SMILES string of the molecule is CNC(CCc1nccn1C)C1SCCSC1C. The number of nitrogens with zero attached hydrogens (tertiary/aromatic N) is 2. The van der Waals surface area contributed by atoms with Crippen LogP contribution >= 0.6 is 23.5 Å². The molecule has 0 radical (unpaired) electrons. The molecule has 3 nitrogen and oxygen atoms in total. The molecule has 0 saturated carbocycles. The molecule has 1 aromatic rings. The first-order valence-corrected chi connectivity index (χ1v) is 8.68. The van der Waals surface area contributed by atoms with Crippen molar-refractivity contribution >= 4 is 23.5 Å². The molecule has 0 spiro atoms. The average molecular weight is 285 g/mol. The van der Waals surface area contributed by atoms with Crippen LogP contribution in [0, 0.1) is 0 Å². The number of hydrogen-bond acceptors (Lipinski definition) is 4. The van der Waals surface area contributed by atoms with E-state index in [1.807, 2.05) is 12.4 Å². The minimum absolute atomic E-state index is 0.592. The van der Waals surface area contributed by atoms with Crippen molar-refractivity contribution < 1.29 is 0 Å². The van der Waals surface area contributed by atoms with E-state index < -0.39 is 0 Å². The average Bonchev–Trinajstić information content (AvgIpc) is 2.78. The van der Waals surface area contributed by atoms with Crippen molar-refractivity contribution in [2.45, 2.75) is 36.3 Å². The van der Waals surface area contributed by atoms with Gasteiger partial charge in [-0.1, -0.05) is 6.92 Å². The highest BCUT2D eigenvalue weighted by Crippen LogP contribution is 2.34. The Morgan fingerprint density at radius 2 is 2.28 bits per heavy atom. The summed E-state index contributed by atoms with van der Waals surface area (Å²) in [6.07, 6.45) is 6.14. The van der Waals surface area contributed by atoms with Gasteiger partial charge >= 0.3 is 0 Å². The van der Waals surface area contributed by atoms with Gasteiger partial charge in [-0.15, -0.1) is 0 Å². The zero-order valence-electron chi connectivity index (χ0n) is 11.4. The maximum atomic E-state index is 4.41. The summed E-state index contributed by atoms with van der Waals surface area (Å²) in [5.74, 6) is 3.79. The Balaban J connectivity index is 1.90. The summed E-state index contributed by atoms with van der Waals surface area (Å²) >= 11 is 4.25. The second-order valence-corrected chi connectivity index (χ2v) is 7.57. The van der Waals surface area contributed by atoms with Crippen LogP contribution in [-0.4, -0.2) is 44.6 Å². The van der Waals surface area contributed by atoms with Crippen molar-refractivity contribution in [3.63, 3.8) is 0 Å². The lowest BCUT2D eigenvalue weighted by molar-refractivity contribution is 0.491. The molecule has 1 aliphatic heterocycles. The third-order valence-corrected chi connectivity index (χ3v) is 6.86. The smallest absolute Gasteiger partial charge is 0.108 e. The molecule has 2 heterocycles. The van der Waals surface area contributed by atoms with Crippen molar-refractivity contribution in [1.82, 2.24) is 14.9 Å². The lowest BCUT2D eigenvalue weighted by Crippen LogP contribution is -2.43. The van der Waals surface area contributed by atoms with Gasteiger partial charge < -0.3 is 9.88 Å². The largest absolute Gasteiger partial charge is 0.338 e. The van der Waals surface area contributed by atoms with E-state index >= 15 is 0 Å². The summed E-state index contributed by atoms with van der Waals surface area (Å²) in [6, 6.07) is 0.592. The van der Waals surface area contributed by atoms with E-state index in [0.717, 1.165) is 16.9 Å². The molecule has 2 rings (SSSR count). The monoisotopic (exact) mass is 285 g/mol. The number of rotatable bonds is 5. The lowest BCUT2D eigenvalue weighted by atomic mass is 10.1. The molecule has 0 aromatic carbocycles. The first-order chi connectivity index (χ1) is 8.72. The standard InChI is InChI=1S/C13H23N3S2/c1-10-13(18-9-8-17-10)11(14-2)4-5-12-15-6-7-16(12)3/h6-7,10-11,13-14H,4-5,8-9H2,1-3H3. The van der Waals surface area contributed by atoms with Crippen LogP contribution < -0.4 is 5.32 Å². The van der Waals surface area contributed by atoms with Gasteiger partial charge in [-0.25, -0.2) is 4.98 Å². The molecule has 102 valence electrons. The predicted molar refractivity (Wildman–Crippen MR) is 82.5 cm³/mol. The summed E-state index contributed by atoms with van der Waals surface area (Å²) in [5.41, 5.74) is 0. The zero-order chi connectivity index (χ0) is 13.0. The number of hydrogen-bond donors (Lipinski definition) is 1. The van der Waals surface area contributed by atoms with Crippen LogP contribution in [0.25, 0.3) is 0 Å². The fraction of sp³-hybridized carbons (Fsp3) is 0.769. The van der Waals surface area contributed by atoms with E-state index in [4.69, 9.17) is 0 Å².